The number of phosphoric acid groups is 2. The molecule has 0 spiro atoms. The van der Waals surface area contributed by atoms with Crippen LogP contribution in [-0.4, -0.2) is 96.7 Å². The lowest BCUT2D eigenvalue weighted by Gasteiger charge is -2.21. The molecule has 0 amide bonds. The van der Waals surface area contributed by atoms with E-state index in [1.165, 1.54) is 64.2 Å². The molecule has 0 saturated heterocycles. The van der Waals surface area contributed by atoms with Crippen LogP contribution in [0, 0.1) is 0 Å². The lowest BCUT2D eigenvalue weighted by Crippen LogP contribution is -2.30. The molecule has 0 heterocycles. The fourth-order valence-corrected chi connectivity index (χ4v) is 11.8. The van der Waals surface area contributed by atoms with E-state index in [-0.39, 0.29) is 25.7 Å². The van der Waals surface area contributed by atoms with Gasteiger partial charge in [-0.3, -0.25) is 37.3 Å². The minimum Gasteiger partial charge on any atom is -0.462 e. The third-order valence-corrected chi connectivity index (χ3v) is 18.1. The first kappa shape index (κ1) is 100. The van der Waals surface area contributed by atoms with E-state index in [9.17, 15) is 43.2 Å². The molecule has 0 radical (unpaired) electrons. The van der Waals surface area contributed by atoms with Gasteiger partial charge in [0.05, 0.1) is 26.4 Å². The smallest absolute Gasteiger partial charge is 0.462 e. The minimum atomic E-state index is -5.01. The van der Waals surface area contributed by atoms with Crippen LogP contribution in [-0.2, 0) is 65.4 Å². The zero-order chi connectivity index (χ0) is 77.4. The highest BCUT2D eigenvalue weighted by Gasteiger charge is 2.30. The molecule has 5 unspecified atom stereocenters. The molecule has 0 bridgehead atoms. The van der Waals surface area contributed by atoms with Crippen molar-refractivity contribution in [2.75, 3.05) is 39.6 Å². The quantitative estimate of drug-likeness (QED) is 0.0169. The van der Waals surface area contributed by atoms with Gasteiger partial charge in [0.1, 0.15) is 19.3 Å². The molecule has 0 aromatic heterocycles. The van der Waals surface area contributed by atoms with Crippen LogP contribution in [0.4, 0.5) is 0 Å². The van der Waals surface area contributed by atoms with E-state index in [4.69, 9.17) is 37.0 Å². The minimum absolute atomic E-state index is 0.0316. The Balaban J connectivity index is 5.49. The largest absolute Gasteiger partial charge is 0.472 e. The number of phosphoric ester groups is 2. The Labute approximate surface area is 642 Å². The molecule has 106 heavy (non-hydrogen) atoms. The summed E-state index contributed by atoms with van der Waals surface area (Å²) in [6, 6.07) is 0. The van der Waals surface area contributed by atoms with Crippen molar-refractivity contribution in [1.29, 1.82) is 0 Å². The third kappa shape index (κ3) is 76.6. The molecular weight excluding hydrogens is 1380 g/mol. The Kier molecular flexibility index (Phi) is 73.5. The standard InChI is InChI=1S/C87H142O17P2/c1-5-9-13-17-21-25-29-33-37-39-40-42-46-48-52-56-60-64-68-72-85(90)98-78-83(104-87(92)74-70-66-62-58-54-50-44-36-32-28-24-20-16-12-8-4)80-102-106(95,96)100-76-81(88)75-99-105(93,94)101-79-82(103-86(91)73-69-65-61-57-53-49-43-35-31-27-23-19-15-11-7-3)77-97-84(89)71-67-63-59-55-51-47-45-41-38-34-30-26-22-18-14-10-6-2/h9-11,13-15,21-23,25-27,33-35,37-38,40,42-43,45,47-48,52,55,59-60,64,81-83,88H,5-8,12,16-20,24,28-32,36,39,41,44,46,49-51,53-54,56-58,61-63,65-80H2,1-4H3,(H,93,94)(H,95,96)/b13-9-,14-10-,15-11-,25-21-,26-22-,27-23-,37-33-,38-34-,42-40-,43-35-,47-45-,52-48-,59-55-,64-60-. The maximum atomic E-state index is 13.1. The van der Waals surface area contributed by atoms with Gasteiger partial charge >= 0.3 is 39.5 Å². The number of carbonyl (C=O) groups is 4. The van der Waals surface area contributed by atoms with Gasteiger partial charge in [0, 0.05) is 25.7 Å². The summed E-state index contributed by atoms with van der Waals surface area (Å²) in [5.41, 5.74) is 0. The van der Waals surface area contributed by atoms with Crippen molar-refractivity contribution in [3.8, 4) is 0 Å². The summed E-state index contributed by atoms with van der Waals surface area (Å²) in [5, 5.41) is 10.6. The van der Waals surface area contributed by atoms with Gasteiger partial charge < -0.3 is 33.8 Å². The summed E-state index contributed by atoms with van der Waals surface area (Å²) in [4.78, 5) is 73.0. The maximum absolute atomic E-state index is 13.1. The Morgan fingerprint density at radius 1 is 0.274 bits per heavy atom. The third-order valence-electron chi connectivity index (χ3n) is 16.2. The van der Waals surface area contributed by atoms with Gasteiger partial charge in [0.25, 0.3) is 0 Å². The number of hydrogen-bond donors (Lipinski definition) is 3. The van der Waals surface area contributed by atoms with Gasteiger partial charge in [-0.2, -0.15) is 0 Å². The topological polar surface area (TPSA) is 237 Å². The van der Waals surface area contributed by atoms with Gasteiger partial charge in [-0.25, -0.2) is 9.13 Å². The number of aliphatic hydroxyl groups is 1. The van der Waals surface area contributed by atoms with E-state index in [0.717, 1.165) is 141 Å². The average Bonchev–Trinajstić information content (AvgIpc) is 0.909. The van der Waals surface area contributed by atoms with Gasteiger partial charge in [0.2, 0.25) is 0 Å². The van der Waals surface area contributed by atoms with Gasteiger partial charge in [0.15, 0.2) is 12.2 Å². The molecule has 0 rings (SSSR count). The van der Waals surface area contributed by atoms with Gasteiger partial charge in [-0.15, -0.1) is 0 Å². The Morgan fingerprint density at radius 2 is 0.519 bits per heavy atom. The Bertz CT molecular complexity index is 2680. The van der Waals surface area contributed by atoms with Crippen LogP contribution in [0.2, 0.25) is 0 Å². The summed E-state index contributed by atoms with van der Waals surface area (Å²) < 4.78 is 68.5. The molecule has 3 N–H and O–H groups in total. The van der Waals surface area contributed by atoms with Crippen LogP contribution in [0.1, 0.15) is 297 Å². The summed E-state index contributed by atoms with van der Waals surface area (Å²) >= 11 is 0. The van der Waals surface area contributed by atoms with Gasteiger partial charge in [-0.05, 0) is 135 Å². The summed E-state index contributed by atoms with van der Waals surface area (Å²) in [6.07, 6.45) is 92.1. The fourth-order valence-electron chi connectivity index (χ4n) is 10.2. The highest BCUT2D eigenvalue weighted by atomic mass is 31.2. The number of aliphatic hydroxyl groups excluding tert-OH is 1. The number of unbranched alkanes of at least 4 members (excludes halogenated alkanes) is 20. The van der Waals surface area contributed by atoms with Crippen LogP contribution in [0.25, 0.3) is 0 Å². The molecule has 602 valence electrons. The molecule has 0 aliphatic rings. The molecule has 5 atom stereocenters. The first-order chi connectivity index (χ1) is 51.7. The molecule has 0 saturated carbocycles. The van der Waals surface area contributed by atoms with Crippen molar-refractivity contribution in [3.63, 3.8) is 0 Å². The number of ether oxygens (including phenoxy) is 4. The van der Waals surface area contributed by atoms with Crippen LogP contribution >= 0.6 is 15.6 Å². The van der Waals surface area contributed by atoms with Crippen molar-refractivity contribution < 1.29 is 80.2 Å². The summed E-state index contributed by atoms with van der Waals surface area (Å²) in [6.45, 7) is 4.37. The van der Waals surface area contributed by atoms with E-state index in [1.54, 1.807) is 0 Å². The molecule has 0 fully saturated rings. The first-order valence-corrected chi connectivity index (χ1v) is 43.4. The SMILES string of the molecule is CC/C=C\C/C=C\C/C=C\C/C=C\C/C=C\C/C=C\CCC(=O)OCC(COP(=O)(O)OCC(O)COP(=O)(O)OCC(COC(=O)CCC/C=C\C/C=C\C/C=C\C/C=C\C/C=C\CC)OC(=O)CCCCCCC/C=C\C/C=C\C/C=C\CC)OC(=O)CCCCCCCCCCCCCCCCC. The van der Waals surface area contributed by atoms with Crippen molar-refractivity contribution in [2.24, 2.45) is 0 Å². The lowest BCUT2D eigenvalue weighted by atomic mass is 10.0. The summed E-state index contributed by atoms with van der Waals surface area (Å²) in [5.74, 6) is -2.37. The first-order valence-electron chi connectivity index (χ1n) is 40.4. The van der Waals surface area contributed by atoms with E-state index in [2.05, 4.69) is 167 Å². The second kappa shape index (κ2) is 77.6. The molecule has 19 heteroatoms. The van der Waals surface area contributed by atoms with Crippen LogP contribution < -0.4 is 0 Å². The molecule has 0 aliphatic carbocycles. The summed E-state index contributed by atoms with van der Waals surface area (Å²) in [7, 11) is -10.0. The number of rotatable bonds is 74. The predicted octanol–water partition coefficient (Wildman–Crippen LogP) is 23.8. The van der Waals surface area contributed by atoms with Crippen LogP contribution in [0.3, 0.4) is 0 Å². The van der Waals surface area contributed by atoms with E-state index in [0.29, 0.717) is 38.5 Å². The Morgan fingerprint density at radius 3 is 0.840 bits per heavy atom. The zero-order valence-corrected chi connectivity index (χ0v) is 67.6. The second-order valence-electron chi connectivity index (χ2n) is 26.2. The van der Waals surface area contributed by atoms with Gasteiger partial charge in [-0.1, -0.05) is 307 Å². The molecule has 0 aromatic carbocycles. The molecule has 0 aromatic rings. The molecule has 17 nitrogen and oxygen atoms in total. The lowest BCUT2D eigenvalue weighted by molar-refractivity contribution is -0.161. The normalized spacial score (nSPS) is 14.7. The van der Waals surface area contributed by atoms with Crippen LogP contribution in [0.15, 0.2) is 170 Å². The second-order valence-corrected chi connectivity index (χ2v) is 29.1. The van der Waals surface area contributed by atoms with Crippen LogP contribution in [0.5, 0.6) is 0 Å². The Hall–Kier alpha value is -5.58. The average molecular weight is 1520 g/mol. The highest BCUT2D eigenvalue weighted by molar-refractivity contribution is 7.47. The van der Waals surface area contributed by atoms with Crippen molar-refractivity contribution in [2.45, 2.75) is 316 Å². The maximum Gasteiger partial charge on any atom is 0.472 e. The van der Waals surface area contributed by atoms with E-state index < -0.39 is 97.5 Å². The van der Waals surface area contributed by atoms with E-state index in [1.807, 2.05) is 30.4 Å². The van der Waals surface area contributed by atoms with Crippen molar-refractivity contribution in [1.82, 2.24) is 0 Å². The number of hydrogen-bond acceptors (Lipinski definition) is 15. The number of esters is 4. The predicted molar refractivity (Wildman–Crippen MR) is 436 cm³/mol. The molecule has 0 aliphatic heterocycles. The fraction of sp³-hybridized carbons (Fsp3) is 0.632. The zero-order valence-electron chi connectivity index (χ0n) is 65.8. The highest BCUT2D eigenvalue weighted by Crippen LogP contribution is 2.45. The monoisotopic (exact) mass is 1520 g/mol. The number of allylic oxidation sites excluding steroid dienone is 28. The van der Waals surface area contributed by atoms with Crippen molar-refractivity contribution >= 4 is 39.5 Å². The number of carbonyl (C=O) groups excluding carboxylic acids is 4. The van der Waals surface area contributed by atoms with E-state index >= 15 is 0 Å². The molecular formula is C87H142O17P2. The van der Waals surface area contributed by atoms with Crippen molar-refractivity contribution in [3.05, 3.63) is 170 Å².